The molecule has 0 rings (SSSR count). The van der Waals surface area contributed by atoms with E-state index in [2.05, 4.69) is 11.5 Å². The van der Waals surface area contributed by atoms with Crippen molar-refractivity contribution in [2.24, 2.45) is 11.5 Å². The van der Waals surface area contributed by atoms with Gasteiger partial charge in [0, 0.05) is 0 Å². The first kappa shape index (κ1) is 20.4. The molecule has 0 heterocycles. The Hall–Kier alpha value is -0.970. The van der Waals surface area contributed by atoms with Crippen LogP contribution in [0.1, 0.15) is 0 Å². The highest BCUT2D eigenvalue weighted by molar-refractivity contribution is 5.69. The van der Waals surface area contributed by atoms with Crippen LogP contribution in [0.25, 0.3) is 0 Å². The van der Waals surface area contributed by atoms with Crippen molar-refractivity contribution in [3.8, 4) is 0 Å². The summed E-state index contributed by atoms with van der Waals surface area (Å²) in [7, 11) is 0. The Labute approximate surface area is 92.5 Å². The SMILES string of the molecule is NC(N)=O.OCC(O)CO.OCC(O)CO. The number of primary amides is 2. The fourth-order valence-electron chi connectivity index (χ4n) is 0.115. The first-order valence-electron chi connectivity index (χ1n) is 4.20. The summed E-state index contributed by atoms with van der Waals surface area (Å²) in [6.07, 6.45) is -1.91. The van der Waals surface area contributed by atoms with Crippen molar-refractivity contribution in [2.75, 3.05) is 26.4 Å². The van der Waals surface area contributed by atoms with Gasteiger partial charge in [0.05, 0.1) is 26.4 Å². The minimum Gasteiger partial charge on any atom is -0.394 e. The predicted molar refractivity (Wildman–Crippen MR) is 54.1 cm³/mol. The molecule has 9 nitrogen and oxygen atoms in total. The molecule has 0 saturated carbocycles. The average Bonchev–Trinajstić information content (AvgIpc) is 2.26. The molecular weight excluding hydrogens is 224 g/mol. The van der Waals surface area contributed by atoms with E-state index >= 15 is 0 Å². The second-order valence-corrected chi connectivity index (χ2v) is 2.44. The van der Waals surface area contributed by atoms with Crippen LogP contribution in [0.4, 0.5) is 4.79 Å². The predicted octanol–water partition coefficient (Wildman–Crippen LogP) is -4.31. The van der Waals surface area contributed by atoms with E-state index in [-0.39, 0.29) is 26.4 Å². The maximum absolute atomic E-state index is 9.00. The van der Waals surface area contributed by atoms with E-state index in [1.54, 1.807) is 0 Å². The van der Waals surface area contributed by atoms with Crippen molar-refractivity contribution in [1.82, 2.24) is 0 Å². The normalized spacial score (nSPS) is 9.00. The highest BCUT2D eigenvalue weighted by atomic mass is 16.3. The number of urea groups is 1. The number of nitrogens with two attached hydrogens (primary N) is 2. The second-order valence-electron chi connectivity index (χ2n) is 2.44. The number of amides is 2. The molecule has 0 bridgehead atoms. The Morgan fingerprint density at radius 2 is 0.938 bits per heavy atom. The van der Waals surface area contributed by atoms with E-state index in [9.17, 15) is 0 Å². The van der Waals surface area contributed by atoms with Crippen molar-refractivity contribution >= 4 is 6.03 Å². The molecular formula is C7H20N2O7. The molecule has 2 amide bonds. The van der Waals surface area contributed by atoms with Crippen LogP contribution in [0.5, 0.6) is 0 Å². The molecule has 100 valence electrons. The van der Waals surface area contributed by atoms with Crippen molar-refractivity contribution in [3.05, 3.63) is 0 Å². The lowest BCUT2D eigenvalue weighted by Gasteiger charge is -1.96. The van der Waals surface area contributed by atoms with Gasteiger partial charge in [-0.3, -0.25) is 0 Å². The van der Waals surface area contributed by atoms with Crippen LogP contribution in [0, 0.1) is 0 Å². The van der Waals surface area contributed by atoms with E-state index in [1.165, 1.54) is 0 Å². The number of rotatable bonds is 4. The van der Waals surface area contributed by atoms with Crippen molar-refractivity contribution in [2.45, 2.75) is 12.2 Å². The van der Waals surface area contributed by atoms with Gasteiger partial charge in [-0.2, -0.15) is 0 Å². The second kappa shape index (κ2) is 16.5. The topological polar surface area (TPSA) is 190 Å². The standard InChI is InChI=1S/2C3H8O3.CH4N2O/c2*4-1-3(6)2-5;2-1(3)4/h2*3-6H,1-2H2;(H4,2,3,4). The molecule has 10 N–H and O–H groups in total. The third-order valence-electron chi connectivity index (χ3n) is 0.843. The van der Waals surface area contributed by atoms with Gasteiger partial charge in [-0.15, -0.1) is 0 Å². The summed E-state index contributed by atoms with van der Waals surface area (Å²) in [5.41, 5.74) is 8.50. The summed E-state index contributed by atoms with van der Waals surface area (Å²) in [6, 6.07) is -0.833. The molecule has 0 atom stereocenters. The van der Waals surface area contributed by atoms with Gasteiger partial charge >= 0.3 is 6.03 Å². The fourth-order valence-corrected chi connectivity index (χ4v) is 0.115. The maximum atomic E-state index is 9.00. The number of aliphatic hydroxyl groups is 6. The molecule has 0 unspecified atom stereocenters. The van der Waals surface area contributed by atoms with Crippen LogP contribution in [0.2, 0.25) is 0 Å². The van der Waals surface area contributed by atoms with Gasteiger partial charge in [0.25, 0.3) is 0 Å². The van der Waals surface area contributed by atoms with E-state index in [0.717, 1.165) is 0 Å². The number of hydrogen-bond acceptors (Lipinski definition) is 7. The van der Waals surface area contributed by atoms with Gasteiger partial charge in [0.2, 0.25) is 0 Å². The third-order valence-corrected chi connectivity index (χ3v) is 0.843. The minimum atomic E-state index is -0.954. The number of carbonyl (C=O) groups excluding carboxylic acids is 1. The van der Waals surface area contributed by atoms with E-state index in [0.29, 0.717) is 0 Å². The van der Waals surface area contributed by atoms with E-state index in [1.807, 2.05) is 0 Å². The average molecular weight is 244 g/mol. The van der Waals surface area contributed by atoms with Crippen LogP contribution in [-0.2, 0) is 0 Å². The molecule has 0 aromatic heterocycles. The van der Waals surface area contributed by atoms with Crippen LogP contribution < -0.4 is 11.5 Å². The van der Waals surface area contributed by atoms with Crippen LogP contribution in [-0.4, -0.2) is 75.3 Å². The largest absolute Gasteiger partial charge is 0.394 e. The number of carbonyl (C=O) groups is 1. The van der Waals surface area contributed by atoms with Gasteiger partial charge in [-0.05, 0) is 0 Å². The molecule has 16 heavy (non-hydrogen) atoms. The monoisotopic (exact) mass is 244 g/mol. The first-order chi connectivity index (χ1) is 7.35. The molecule has 0 radical (unpaired) electrons. The molecule has 0 aliphatic rings. The third kappa shape index (κ3) is 38.2. The summed E-state index contributed by atoms with van der Waals surface area (Å²) in [4.78, 5) is 9.00. The number of aliphatic hydroxyl groups excluding tert-OH is 6. The van der Waals surface area contributed by atoms with Gasteiger partial charge in [0.1, 0.15) is 12.2 Å². The summed E-state index contributed by atoms with van der Waals surface area (Å²) < 4.78 is 0. The Balaban J connectivity index is -0.000000162. The molecule has 0 fully saturated rings. The zero-order chi connectivity index (χ0) is 13.6. The molecule has 0 aliphatic heterocycles. The van der Waals surface area contributed by atoms with Crippen LogP contribution >= 0.6 is 0 Å². The maximum Gasteiger partial charge on any atom is 0.309 e. The van der Waals surface area contributed by atoms with Crippen molar-refractivity contribution in [3.63, 3.8) is 0 Å². The van der Waals surface area contributed by atoms with Crippen LogP contribution in [0.15, 0.2) is 0 Å². The molecule has 0 saturated heterocycles. The van der Waals surface area contributed by atoms with Gasteiger partial charge in [-0.25, -0.2) is 4.79 Å². The molecule has 9 heteroatoms. The minimum absolute atomic E-state index is 0.365. The van der Waals surface area contributed by atoms with Crippen molar-refractivity contribution in [1.29, 1.82) is 0 Å². The summed E-state index contributed by atoms with van der Waals surface area (Å²) in [6.45, 7) is -1.46. The highest BCUT2D eigenvalue weighted by Gasteiger charge is 1.94. The number of hydrogen-bond donors (Lipinski definition) is 8. The Bertz CT molecular complexity index is 125. The molecule has 0 spiro atoms. The highest BCUT2D eigenvalue weighted by Crippen LogP contribution is 1.72. The van der Waals surface area contributed by atoms with Gasteiger partial charge in [0.15, 0.2) is 0 Å². The molecule has 0 aromatic carbocycles. The summed E-state index contributed by atoms with van der Waals surface area (Å²) in [5.74, 6) is 0. The smallest absolute Gasteiger partial charge is 0.309 e. The quantitative estimate of drug-likeness (QED) is 0.245. The fraction of sp³-hybridized carbons (Fsp3) is 0.857. The Kier molecular flexibility index (Phi) is 21.0. The van der Waals surface area contributed by atoms with Crippen LogP contribution in [0.3, 0.4) is 0 Å². The van der Waals surface area contributed by atoms with Crippen molar-refractivity contribution < 1.29 is 35.4 Å². The van der Waals surface area contributed by atoms with Gasteiger partial charge in [-0.1, -0.05) is 0 Å². The molecule has 0 aliphatic carbocycles. The Morgan fingerprint density at radius 3 is 0.938 bits per heavy atom. The zero-order valence-corrected chi connectivity index (χ0v) is 8.73. The summed E-state index contributed by atoms with van der Waals surface area (Å²) >= 11 is 0. The molecule has 0 aromatic rings. The lowest BCUT2D eigenvalue weighted by molar-refractivity contribution is 0.0450. The van der Waals surface area contributed by atoms with E-state index < -0.39 is 18.2 Å². The lowest BCUT2D eigenvalue weighted by Crippen LogP contribution is -2.18. The van der Waals surface area contributed by atoms with Gasteiger partial charge < -0.3 is 42.1 Å². The lowest BCUT2D eigenvalue weighted by atomic mass is 10.4. The zero-order valence-electron chi connectivity index (χ0n) is 8.73. The first-order valence-corrected chi connectivity index (χ1v) is 4.20. The van der Waals surface area contributed by atoms with E-state index in [4.69, 9.17) is 35.4 Å². The summed E-state index contributed by atoms with van der Waals surface area (Å²) in [5, 5.41) is 48.0. The Morgan fingerprint density at radius 1 is 0.812 bits per heavy atom.